The van der Waals surface area contributed by atoms with E-state index in [0.29, 0.717) is 29.5 Å². The van der Waals surface area contributed by atoms with Gasteiger partial charge < -0.3 is 30.8 Å². The molecule has 0 radical (unpaired) electrons. The maximum Gasteiger partial charge on any atom is 0.270 e. The highest BCUT2D eigenvalue weighted by molar-refractivity contribution is 7.09. The van der Waals surface area contributed by atoms with Gasteiger partial charge in [-0.15, -0.1) is 0 Å². The number of amides is 3. The summed E-state index contributed by atoms with van der Waals surface area (Å²) in [6.07, 6.45) is 3.02. The molecule has 0 unspecified atom stereocenters. The summed E-state index contributed by atoms with van der Waals surface area (Å²) < 4.78 is 28.6. The summed E-state index contributed by atoms with van der Waals surface area (Å²) in [4.78, 5) is 40.0. The van der Waals surface area contributed by atoms with Crippen LogP contribution in [0, 0.1) is 5.82 Å². The number of nitrogens with two attached hydrogens (primary N) is 2. The second-order valence-electron chi connectivity index (χ2n) is 7.98. The SMILES string of the molecule is NC(=O)c1nsc(C(=O)N(Cc2ccco2)[C@@H](C(=O)NC[C@@H]2CCCO2)c2ccc(F)cc2)c1N. The third-order valence-electron chi connectivity index (χ3n) is 5.60. The molecule has 1 aromatic carbocycles. The van der Waals surface area contributed by atoms with Crippen molar-refractivity contribution < 1.29 is 27.9 Å². The van der Waals surface area contributed by atoms with Gasteiger partial charge in [-0.3, -0.25) is 14.4 Å². The highest BCUT2D eigenvalue weighted by atomic mass is 32.1. The van der Waals surface area contributed by atoms with Gasteiger partial charge in [-0.1, -0.05) is 12.1 Å². The van der Waals surface area contributed by atoms with Gasteiger partial charge in [-0.2, -0.15) is 4.37 Å². The van der Waals surface area contributed by atoms with E-state index in [1.807, 2.05) is 0 Å². The van der Waals surface area contributed by atoms with Crippen LogP contribution in [0.4, 0.5) is 10.1 Å². The van der Waals surface area contributed by atoms with Crippen LogP contribution in [0.25, 0.3) is 0 Å². The molecule has 1 aliphatic rings. The lowest BCUT2D eigenvalue weighted by molar-refractivity contribution is -0.126. The molecule has 10 nitrogen and oxygen atoms in total. The fourth-order valence-corrected chi connectivity index (χ4v) is 4.61. The van der Waals surface area contributed by atoms with Gasteiger partial charge in [0.2, 0.25) is 5.91 Å². The number of primary amides is 1. The first-order valence-corrected chi connectivity index (χ1v) is 11.7. The molecular weight excluding hydrogens is 477 g/mol. The average molecular weight is 502 g/mol. The summed E-state index contributed by atoms with van der Waals surface area (Å²) in [5.74, 6) is -2.12. The van der Waals surface area contributed by atoms with Gasteiger partial charge >= 0.3 is 0 Å². The Morgan fingerprint density at radius 3 is 2.63 bits per heavy atom. The zero-order valence-corrected chi connectivity index (χ0v) is 19.4. The zero-order chi connectivity index (χ0) is 24.9. The molecule has 0 saturated carbocycles. The number of aromatic nitrogens is 1. The first kappa shape index (κ1) is 24.4. The summed E-state index contributed by atoms with van der Waals surface area (Å²) >= 11 is 0.705. The van der Waals surface area contributed by atoms with Gasteiger partial charge in [0.1, 0.15) is 22.5 Å². The number of nitrogen functional groups attached to an aromatic ring is 1. The highest BCUT2D eigenvalue weighted by Crippen LogP contribution is 2.30. The third-order valence-corrected chi connectivity index (χ3v) is 6.45. The minimum absolute atomic E-state index is 0.0515. The lowest BCUT2D eigenvalue weighted by Crippen LogP contribution is -2.45. The molecule has 2 atom stereocenters. The number of hydrogen-bond donors (Lipinski definition) is 3. The van der Waals surface area contributed by atoms with E-state index in [4.69, 9.17) is 20.6 Å². The lowest BCUT2D eigenvalue weighted by atomic mass is 10.0. The molecule has 0 spiro atoms. The zero-order valence-electron chi connectivity index (χ0n) is 18.6. The number of halogens is 1. The number of nitrogens with zero attached hydrogens (tertiary/aromatic N) is 2. The number of furan rings is 1. The third kappa shape index (κ3) is 5.49. The standard InChI is InChI=1S/C23H24FN5O5S/c24-14-7-5-13(6-8-14)19(22(31)27-11-15-3-1-9-33-15)29(12-16-4-2-10-34-16)23(32)20-17(25)18(21(26)30)28-35-20/h2,4-8,10,15,19H,1,3,9,11-12,25H2,(H2,26,30)(H,27,31)/t15-,19+/m0/s1. The maximum atomic E-state index is 13.7. The van der Waals surface area contributed by atoms with Crippen molar-refractivity contribution in [3.05, 3.63) is 70.4 Å². The van der Waals surface area contributed by atoms with Gasteiger partial charge in [0, 0.05) is 13.2 Å². The summed E-state index contributed by atoms with van der Waals surface area (Å²) in [5.41, 5.74) is 11.3. The lowest BCUT2D eigenvalue weighted by Gasteiger charge is -2.31. The van der Waals surface area contributed by atoms with Crippen LogP contribution in [-0.4, -0.2) is 46.3 Å². The van der Waals surface area contributed by atoms with Crippen LogP contribution in [0.2, 0.25) is 0 Å². The minimum atomic E-state index is -1.17. The molecule has 1 saturated heterocycles. The van der Waals surface area contributed by atoms with Crippen LogP contribution in [0.3, 0.4) is 0 Å². The Morgan fingerprint density at radius 2 is 2.03 bits per heavy atom. The molecule has 1 aliphatic heterocycles. The first-order valence-electron chi connectivity index (χ1n) is 10.9. The number of carbonyl (C=O) groups is 3. The van der Waals surface area contributed by atoms with Gasteiger partial charge in [0.15, 0.2) is 5.69 Å². The van der Waals surface area contributed by atoms with E-state index >= 15 is 0 Å². The summed E-state index contributed by atoms with van der Waals surface area (Å²) in [7, 11) is 0. The van der Waals surface area contributed by atoms with E-state index in [1.165, 1.54) is 35.4 Å². The Morgan fingerprint density at radius 1 is 1.26 bits per heavy atom. The number of anilines is 1. The molecule has 1 fully saturated rings. The number of benzene rings is 1. The second kappa shape index (κ2) is 10.7. The van der Waals surface area contributed by atoms with Gasteiger partial charge in [0.25, 0.3) is 11.8 Å². The quantitative estimate of drug-likeness (QED) is 0.406. The summed E-state index contributed by atoms with van der Waals surface area (Å²) in [6.45, 7) is 0.774. The fraction of sp³-hybridized carbons (Fsp3) is 0.304. The van der Waals surface area contributed by atoms with Gasteiger partial charge in [-0.25, -0.2) is 4.39 Å². The highest BCUT2D eigenvalue weighted by Gasteiger charge is 2.35. The van der Waals surface area contributed by atoms with Crippen molar-refractivity contribution in [2.24, 2.45) is 5.73 Å². The number of rotatable bonds is 9. The van der Waals surface area contributed by atoms with Crippen LogP contribution in [0.5, 0.6) is 0 Å². The molecule has 3 heterocycles. The van der Waals surface area contributed by atoms with Crippen molar-refractivity contribution in [3.8, 4) is 0 Å². The van der Waals surface area contributed by atoms with Gasteiger partial charge in [-0.05, 0) is 54.2 Å². The molecule has 3 amide bonds. The number of nitrogens with one attached hydrogen (secondary N) is 1. The molecule has 184 valence electrons. The number of ether oxygens (including phenoxy) is 1. The van der Waals surface area contributed by atoms with E-state index < -0.39 is 29.6 Å². The van der Waals surface area contributed by atoms with E-state index in [0.717, 1.165) is 12.8 Å². The number of hydrogen-bond acceptors (Lipinski definition) is 8. The monoisotopic (exact) mass is 501 g/mol. The molecular formula is C23H24FN5O5S. The topological polar surface area (TPSA) is 154 Å². The van der Waals surface area contributed by atoms with Crippen LogP contribution in [-0.2, 0) is 16.1 Å². The fourth-order valence-electron chi connectivity index (χ4n) is 3.84. The molecule has 4 rings (SSSR count). The van der Waals surface area contributed by atoms with Crippen molar-refractivity contribution >= 4 is 34.9 Å². The van der Waals surface area contributed by atoms with Crippen LogP contribution in [0.15, 0.2) is 47.1 Å². The van der Waals surface area contributed by atoms with Crippen molar-refractivity contribution in [2.75, 3.05) is 18.9 Å². The minimum Gasteiger partial charge on any atom is -0.467 e. The Balaban J connectivity index is 1.72. The predicted molar refractivity (Wildman–Crippen MR) is 125 cm³/mol. The first-order chi connectivity index (χ1) is 16.8. The van der Waals surface area contributed by atoms with Crippen LogP contribution >= 0.6 is 11.5 Å². The van der Waals surface area contributed by atoms with E-state index in [-0.39, 0.29) is 35.5 Å². The van der Waals surface area contributed by atoms with Crippen LogP contribution in [0.1, 0.15) is 50.4 Å². The molecule has 5 N–H and O–H groups in total. The smallest absolute Gasteiger partial charge is 0.270 e. The maximum absolute atomic E-state index is 13.7. The average Bonchev–Trinajstić information content (AvgIpc) is 3.60. The Kier molecular flexibility index (Phi) is 7.42. The molecule has 3 aromatic rings. The van der Waals surface area contributed by atoms with Crippen molar-refractivity contribution in [3.63, 3.8) is 0 Å². The van der Waals surface area contributed by atoms with E-state index in [9.17, 15) is 18.8 Å². The Labute approximate surface area is 204 Å². The summed E-state index contributed by atoms with van der Waals surface area (Å²) in [6, 6.07) is 7.40. The Hall–Kier alpha value is -3.77. The molecule has 0 aliphatic carbocycles. The largest absolute Gasteiger partial charge is 0.467 e. The predicted octanol–water partition coefficient (Wildman–Crippen LogP) is 2.24. The van der Waals surface area contributed by atoms with Crippen molar-refractivity contribution in [1.29, 1.82) is 0 Å². The molecule has 35 heavy (non-hydrogen) atoms. The summed E-state index contributed by atoms with van der Waals surface area (Å²) in [5, 5.41) is 2.84. The van der Waals surface area contributed by atoms with Crippen molar-refractivity contribution in [2.45, 2.75) is 31.5 Å². The van der Waals surface area contributed by atoms with Crippen LogP contribution < -0.4 is 16.8 Å². The molecule has 0 bridgehead atoms. The normalized spacial score (nSPS) is 16.1. The van der Waals surface area contributed by atoms with E-state index in [2.05, 4.69) is 9.69 Å². The Bertz CT molecular complexity index is 1190. The molecule has 2 aromatic heterocycles. The van der Waals surface area contributed by atoms with E-state index in [1.54, 1.807) is 12.1 Å². The van der Waals surface area contributed by atoms with Crippen molar-refractivity contribution in [1.82, 2.24) is 14.6 Å². The van der Waals surface area contributed by atoms with Gasteiger partial charge in [0.05, 0.1) is 24.6 Å². The second-order valence-corrected chi connectivity index (χ2v) is 8.76. The molecule has 12 heteroatoms. The number of carbonyl (C=O) groups excluding carboxylic acids is 3.